The Morgan fingerprint density at radius 3 is 2.04 bits per heavy atom. The Morgan fingerprint density at radius 2 is 1.58 bits per heavy atom. The number of benzene rings is 1. The summed E-state index contributed by atoms with van der Waals surface area (Å²) in [5.41, 5.74) is -3.62. The van der Waals surface area contributed by atoms with Crippen LogP contribution in [0.3, 0.4) is 0 Å². The Balaban J connectivity index is 3.48. The maximum absolute atomic E-state index is 14.4. The summed E-state index contributed by atoms with van der Waals surface area (Å²) in [6, 6.07) is 2.31. The Hall–Kier alpha value is -1.57. The Labute approximate surface area is 158 Å². The SMILES string of the molecule is N#Cc1c(F)c(F)c(C(CC(O)C(F)(F)F)OCCCI)c(F)c1C#N. The van der Waals surface area contributed by atoms with Gasteiger partial charge in [0.1, 0.15) is 23.3 Å². The zero-order valence-electron chi connectivity index (χ0n) is 12.9. The molecule has 2 unspecified atom stereocenters. The van der Waals surface area contributed by atoms with Crippen molar-refractivity contribution in [2.45, 2.75) is 31.2 Å². The minimum atomic E-state index is -5.10. The maximum Gasteiger partial charge on any atom is 0.414 e. The molecule has 0 aromatic heterocycles. The molecule has 142 valence electrons. The van der Waals surface area contributed by atoms with E-state index in [2.05, 4.69) is 0 Å². The van der Waals surface area contributed by atoms with Crippen molar-refractivity contribution < 1.29 is 36.2 Å². The number of nitrogens with zero attached hydrogens (tertiary/aromatic N) is 2. The summed E-state index contributed by atoms with van der Waals surface area (Å²) in [6.45, 7) is -0.222. The molecular weight excluding hydrogens is 481 g/mol. The lowest BCUT2D eigenvalue weighted by atomic mass is 9.96. The van der Waals surface area contributed by atoms with Crippen LogP contribution < -0.4 is 0 Å². The molecule has 1 N–H and O–H groups in total. The fourth-order valence-corrected chi connectivity index (χ4v) is 2.37. The van der Waals surface area contributed by atoms with Crippen LogP contribution >= 0.6 is 22.6 Å². The summed E-state index contributed by atoms with van der Waals surface area (Å²) in [6.07, 6.45) is -11.1. The van der Waals surface area contributed by atoms with Crippen molar-refractivity contribution in [2.24, 2.45) is 0 Å². The van der Waals surface area contributed by atoms with E-state index in [1.165, 1.54) is 6.07 Å². The quantitative estimate of drug-likeness (QED) is 0.205. The average Bonchev–Trinajstić information content (AvgIpc) is 2.56. The first-order chi connectivity index (χ1) is 12.1. The molecule has 0 saturated heterocycles. The van der Waals surface area contributed by atoms with Crippen LogP contribution in [0.5, 0.6) is 0 Å². The lowest BCUT2D eigenvalue weighted by Crippen LogP contribution is -2.31. The third-order valence-corrected chi connectivity index (χ3v) is 4.08. The lowest BCUT2D eigenvalue weighted by Gasteiger charge is -2.24. The smallest absolute Gasteiger partial charge is 0.384 e. The van der Waals surface area contributed by atoms with Crippen molar-refractivity contribution in [1.82, 2.24) is 0 Å². The minimum absolute atomic E-state index is 0.222. The number of halogens is 7. The number of aliphatic hydroxyl groups is 1. The van der Waals surface area contributed by atoms with E-state index in [-0.39, 0.29) is 6.61 Å². The van der Waals surface area contributed by atoms with Crippen LogP contribution in [-0.4, -0.2) is 28.4 Å². The van der Waals surface area contributed by atoms with Gasteiger partial charge in [0.2, 0.25) is 0 Å². The van der Waals surface area contributed by atoms with Gasteiger partial charge in [-0.25, -0.2) is 13.2 Å². The van der Waals surface area contributed by atoms with E-state index < -0.39 is 58.9 Å². The first kappa shape index (κ1) is 22.5. The van der Waals surface area contributed by atoms with Crippen LogP contribution in [0.2, 0.25) is 0 Å². The number of hydrogen-bond donors (Lipinski definition) is 1. The van der Waals surface area contributed by atoms with E-state index in [4.69, 9.17) is 15.3 Å². The summed E-state index contributed by atoms with van der Waals surface area (Å²) in [5.74, 6) is -5.51. The fourth-order valence-electron chi connectivity index (χ4n) is 2.06. The zero-order chi connectivity index (χ0) is 20.1. The molecule has 0 aliphatic carbocycles. The van der Waals surface area contributed by atoms with Gasteiger partial charge in [-0.2, -0.15) is 23.7 Å². The third-order valence-electron chi connectivity index (χ3n) is 3.31. The van der Waals surface area contributed by atoms with Gasteiger partial charge < -0.3 is 9.84 Å². The van der Waals surface area contributed by atoms with Crippen molar-refractivity contribution >= 4 is 22.6 Å². The number of hydrogen-bond acceptors (Lipinski definition) is 4. The van der Waals surface area contributed by atoms with Gasteiger partial charge in [-0.15, -0.1) is 0 Å². The van der Waals surface area contributed by atoms with E-state index in [1.807, 2.05) is 22.6 Å². The molecule has 0 aliphatic heterocycles. The molecule has 1 aromatic carbocycles. The maximum atomic E-state index is 14.4. The topological polar surface area (TPSA) is 77.0 Å². The largest absolute Gasteiger partial charge is 0.414 e. The van der Waals surface area contributed by atoms with Gasteiger partial charge in [0.25, 0.3) is 0 Å². The van der Waals surface area contributed by atoms with Crippen molar-refractivity contribution in [3.05, 3.63) is 34.1 Å². The molecule has 0 bridgehead atoms. The number of aliphatic hydroxyl groups excluding tert-OH is 1. The van der Waals surface area contributed by atoms with Crippen LogP contribution in [-0.2, 0) is 4.74 Å². The monoisotopic (exact) mass is 492 g/mol. The van der Waals surface area contributed by atoms with Gasteiger partial charge in [0.05, 0.1) is 11.7 Å². The second-order valence-electron chi connectivity index (χ2n) is 5.02. The standard InChI is InChI=1S/C15H11F6IN2O2/c16-12-7(5-23)8(6-24)13(17)14(18)11(12)9(26-3-1-2-22)4-10(25)15(19,20)21/h9-10,25H,1-4H2. The second kappa shape index (κ2) is 9.39. The van der Waals surface area contributed by atoms with Crippen molar-refractivity contribution in [2.75, 3.05) is 11.0 Å². The number of nitriles is 2. The van der Waals surface area contributed by atoms with E-state index in [9.17, 15) is 31.4 Å². The van der Waals surface area contributed by atoms with Crippen LogP contribution in [0.25, 0.3) is 0 Å². The van der Waals surface area contributed by atoms with Crippen LogP contribution in [0.15, 0.2) is 0 Å². The summed E-state index contributed by atoms with van der Waals surface area (Å²) in [7, 11) is 0. The van der Waals surface area contributed by atoms with Crippen molar-refractivity contribution in [3.8, 4) is 12.1 Å². The zero-order valence-corrected chi connectivity index (χ0v) is 15.0. The van der Waals surface area contributed by atoms with E-state index in [0.29, 0.717) is 10.8 Å². The summed E-state index contributed by atoms with van der Waals surface area (Å²) >= 11 is 1.93. The molecule has 0 heterocycles. The summed E-state index contributed by atoms with van der Waals surface area (Å²) in [4.78, 5) is 0. The summed E-state index contributed by atoms with van der Waals surface area (Å²) < 4.78 is 85.9. The Morgan fingerprint density at radius 1 is 1.04 bits per heavy atom. The molecule has 0 saturated carbocycles. The molecule has 0 amide bonds. The number of ether oxygens (including phenoxy) is 1. The molecule has 11 heteroatoms. The highest BCUT2D eigenvalue weighted by atomic mass is 127. The summed E-state index contributed by atoms with van der Waals surface area (Å²) in [5, 5.41) is 26.8. The molecule has 2 atom stereocenters. The third kappa shape index (κ3) is 4.99. The second-order valence-corrected chi connectivity index (χ2v) is 6.10. The molecule has 26 heavy (non-hydrogen) atoms. The van der Waals surface area contributed by atoms with Crippen LogP contribution in [0.1, 0.15) is 35.6 Å². The molecular formula is C15H11F6IN2O2. The van der Waals surface area contributed by atoms with Crippen molar-refractivity contribution in [1.29, 1.82) is 10.5 Å². The molecule has 1 aromatic rings. The van der Waals surface area contributed by atoms with E-state index in [0.717, 1.165) is 6.07 Å². The number of alkyl halides is 4. The molecule has 4 nitrogen and oxygen atoms in total. The predicted molar refractivity (Wildman–Crippen MR) is 84.6 cm³/mol. The minimum Gasteiger partial charge on any atom is -0.384 e. The number of rotatable bonds is 7. The van der Waals surface area contributed by atoms with Crippen LogP contribution in [0.4, 0.5) is 26.3 Å². The molecule has 0 fully saturated rings. The van der Waals surface area contributed by atoms with E-state index >= 15 is 0 Å². The van der Waals surface area contributed by atoms with Gasteiger partial charge in [-0.05, 0) is 6.42 Å². The Bertz CT molecular complexity index is 742. The van der Waals surface area contributed by atoms with Gasteiger partial charge in [-0.1, -0.05) is 22.6 Å². The van der Waals surface area contributed by atoms with Gasteiger partial charge >= 0.3 is 6.18 Å². The van der Waals surface area contributed by atoms with Crippen molar-refractivity contribution in [3.63, 3.8) is 0 Å². The van der Waals surface area contributed by atoms with Crippen LogP contribution in [0, 0.1) is 40.1 Å². The predicted octanol–water partition coefficient (Wildman–Crippen LogP) is 4.04. The molecule has 0 aliphatic rings. The fraction of sp³-hybridized carbons (Fsp3) is 0.467. The van der Waals surface area contributed by atoms with E-state index in [1.54, 1.807) is 0 Å². The molecule has 0 radical (unpaired) electrons. The highest BCUT2D eigenvalue weighted by molar-refractivity contribution is 14.1. The first-order valence-corrected chi connectivity index (χ1v) is 8.55. The highest BCUT2D eigenvalue weighted by Gasteiger charge is 2.41. The van der Waals surface area contributed by atoms with Gasteiger partial charge in [0, 0.05) is 17.5 Å². The highest BCUT2D eigenvalue weighted by Crippen LogP contribution is 2.36. The van der Waals surface area contributed by atoms with Gasteiger partial charge in [0.15, 0.2) is 23.6 Å². The first-order valence-electron chi connectivity index (χ1n) is 7.02. The molecule has 0 spiro atoms. The molecule has 1 rings (SSSR count). The normalized spacial score (nSPS) is 13.8. The Kier molecular flexibility index (Phi) is 8.12. The lowest BCUT2D eigenvalue weighted by molar-refractivity contribution is -0.213. The van der Waals surface area contributed by atoms with Gasteiger partial charge in [-0.3, -0.25) is 0 Å². The average molecular weight is 492 g/mol.